The molecular weight excluding hydrogens is 262 g/mol. The minimum Gasteiger partial charge on any atom is -0.353 e. The van der Waals surface area contributed by atoms with Crippen molar-refractivity contribution in [2.24, 2.45) is 0 Å². The highest BCUT2D eigenvalue weighted by atomic mass is 32.2. The maximum atomic E-state index is 12.3. The Morgan fingerprint density at radius 3 is 2.79 bits per heavy atom. The molecule has 1 atom stereocenters. The van der Waals surface area contributed by atoms with Crippen LogP contribution in [0.5, 0.6) is 0 Å². The van der Waals surface area contributed by atoms with Crippen LogP contribution in [-0.4, -0.2) is 59.9 Å². The Morgan fingerprint density at radius 1 is 1.37 bits per heavy atom. The maximum Gasteiger partial charge on any atom is 0.242 e. The van der Waals surface area contributed by atoms with Crippen molar-refractivity contribution >= 4 is 23.6 Å². The van der Waals surface area contributed by atoms with Crippen LogP contribution in [0.1, 0.15) is 26.2 Å². The molecule has 0 spiro atoms. The summed E-state index contributed by atoms with van der Waals surface area (Å²) in [7, 11) is 0. The van der Waals surface area contributed by atoms with Crippen LogP contribution in [0.4, 0.5) is 0 Å². The number of nitrogens with one attached hydrogen (secondary N) is 2. The van der Waals surface area contributed by atoms with Crippen molar-refractivity contribution in [1.29, 1.82) is 0 Å². The molecule has 2 aliphatic heterocycles. The summed E-state index contributed by atoms with van der Waals surface area (Å²) < 4.78 is 0. The molecule has 2 heterocycles. The second-order valence-corrected chi connectivity index (χ2v) is 6.35. The van der Waals surface area contributed by atoms with Gasteiger partial charge in [-0.1, -0.05) is 6.92 Å². The van der Waals surface area contributed by atoms with E-state index in [2.05, 4.69) is 10.6 Å². The van der Waals surface area contributed by atoms with Gasteiger partial charge in [0.1, 0.15) is 6.04 Å². The summed E-state index contributed by atoms with van der Waals surface area (Å²) in [4.78, 5) is 25.7. The molecule has 2 fully saturated rings. The number of hydrogen-bond acceptors (Lipinski definition) is 4. The number of amides is 2. The quantitative estimate of drug-likeness (QED) is 0.775. The summed E-state index contributed by atoms with van der Waals surface area (Å²) in [6.45, 7) is 5.29. The molecule has 1 unspecified atom stereocenters. The third kappa shape index (κ3) is 3.86. The third-order valence-corrected chi connectivity index (χ3v) is 5.12. The molecule has 0 radical (unpaired) electrons. The topological polar surface area (TPSA) is 61.4 Å². The van der Waals surface area contributed by atoms with Gasteiger partial charge in [-0.25, -0.2) is 0 Å². The normalized spacial score (nSPS) is 25.2. The molecule has 6 heteroatoms. The van der Waals surface area contributed by atoms with E-state index in [0.29, 0.717) is 30.5 Å². The van der Waals surface area contributed by atoms with E-state index in [4.69, 9.17) is 0 Å². The van der Waals surface area contributed by atoms with Crippen molar-refractivity contribution in [3.8, 4) is 0 Å². The number of carbonyl (C=O) groups excluding carboxylic acids is 2. The number of hydrogen-bond donors (Lipinski definition) is 2. The van der Waals surface area contributed by atoms with Crippen LogP contribution in [0.2, 0.25) is 0 Å². The van der Waals surface area contributed by atoms with Gasteiger partial charge in [-0.3, -0.25) is 9.59 Å². The first-order valence-corrected chi connectivity index (χ1v) is 8.16. The number of rotatable bonds is 4. The lowest BCUT2D eigenvalue weighted by Gasteiger charge is -2.35. The zero-order valence-electron chi connectivity index (χ0n) is 11.5. The molecule has 19 heavy (non-hydrogen) atoms. The highest BCUT2D eigenvalue weighted by Gasteiger charge is 2.31. The summed E-state index contributed by atoms with van der Waals surface area (Å²) >= 11 is 1.75. The summed E-state index contributed by atoms with van der Waals surface area (Å²) in [6.07, 6.45) is 2.96. The fourth-order valence-electron chi connectivity index (χ4n) is 2.65. The SMILES string of the molecule is CCC1C(=O)NCCN1C(=O)CSC1CCNCC1. The van der Waals surface area contributed by atoms with Gasteiger partial charge in [0, 0.05) is 18.3 Å². The molecule has 0 aromatic rings. The molecule has 2 aliphatic rings. The minimum atomic E-state index is -0.269. The van der Waals surface area contributed by atoms with Crippen LogP contribution in [0.15, 0.2) is 0 Å². The van der Waals surface area contributed by atoms with Crippen LogP contribution < -0.4 is 10.6 Å². The first-order chi connectivity index (χ1) is 9.22. The van der Waals surface area contributed by atoms with Gasteiger partial charge >= 0.3 is 0 Å². The molecule has 5 nitrogen and oxygen atoms in total. The third-order valence-electron chi connectivity index (χ3n) is 3.77. The standard InChI is InChI=1S/C13H23N3O2S/c1-2-11-13(18)15-7-8-16(11)12(17)9-19-10-3-5-14-6-4-10/h10-11,14H,2-9H2,1H3,(H,15,18). The Labute approximate surface area is 118 Å². The van der Waals surface area contributed by atoms with Gasteiger partial charge in [0.15, 0.2) is 0 Å². The highest BCUT2D eigenvalue weighted by molar-refractivity contribution is 8.00. The number of carbonyl (C=O) groups is 2. The molecule has 0 aliphatic carbocycles. The monoisotopic (exact) mass is 285 g/mol. The molecule has 2 saturated heterocycles. The van der Waals surface area contributed by atoms with Crippen LogP contribution in [0.25, 0.3) is 0 Å². The van der Waals surface area contributed by atoms with E-state index in [1.165, 1.54) is 0 Å². The average Bonchev–Trinajstić information content (AvgIpc) is 2.45. The van der Waals surface area contributed by atoms with E-state index in [1.807, 2.05) is 6.92 Å². The first-order valence-electron chi connectivity index (χ1n) is 7.12. The van der Waals surface area contributed by atoms with E-state index in [0.717, 1.165) is 25.9 Å². The maximum absolute atomic E-state index is 12.3. The van der Waals surface area contributed by atoms with Gasteiger partial charge in [0.05, 0.1) is 5.75 Å². The van der Waals surface area contributed by atoms with E-state index in [9.17, 15) is 9.59 Å². The molecule has 0 saturated carbocycles. The number of nitrogens with zero attached hydrogens (tertiary/aromatic N) is 1. The van der Waals surface area contributed by atoms with Crippen molar-refractivity contribution < 1.29 is 9.59 Å². The summed E-state index contributed by atoms with van der Waals surface area (Å²) in [5.74, 6) is 0.619. The second-order valence-electron chi connectivity index (χ2n) is 5.06. The number of piperazine rings is 1. The second kappa shape index (κ2) is 7.14. The van der Waals surface area contributed by atoms with Crippen molar-refractivity contribution in [2.45, 2.75) is 37.5 Å². The fourth-order valence-corrected chi connectivity index (χ4v) is 3.77. The lowest BCUT2D eigenvalue weighted by molar-refractivity contribution is -0.141. The lowest BCUT2D eigenvalue weighted by atomic mass is 10.1. The van der Waals surface area contributed by atoms with Crippen molar-refractivity contribution in [3.63, 3.8) is 0 Å². The number of thioether (sulfide) groups is 1. The Morgan fingerprint density at radius 2 is 2.11 bits per heavy atom. The molecule has 0 bridgehead atoms. The average molecular weight is 285 g/mol. The zero-order chi connectivity index (χ0) is 13.7. The highest BCUT2D eigenvalue weighted by Crippen LogP contribution is 2.21. The van der Waals surface area contributed by atoms with Gasteiger partial charge in [0.2, 0.25) is 11.8 Å². The smallest absolute Gasteiger partial charge is 0.242 e. The van der Waals surface area contributed by atoms with E-state index < -0.39 is 0 Å². The minimum absolute atomic E-state index is 0.00559. The Bertz CT molecular complexity index is 332. The van der Waals surface area contributed by atoms with Crippen LogP contribution >= 0.6 is 11.8 Å². The van der Waals surface area contributed by atoms with E-state index in [1.54, 1.807) is 16.7 Å². The van der Waals surface area contributed by atoms with Crippen LogP contribution in [0, 0.1) is 0 Å². The van der Waals surface area contributed by atoms with Crippen molar-refractivity contribution in [3.05, 3.63) is 0 Å². The van der Waals surface area contributed by atoms with Gasteiger partial charge in [-0.15, -0.1) is 11.8 Å². The molecular formula is C13H23N3O2S. The predicted molar refractivity (Wildman–Crippen MR) is 77.2 cm³/mol. The Balaban J connectivity index is 1.82. The van der Waals surface area contributed by atoms with Crippen LogP contribution in [0.3, 0.4) is 0 Å². The van der Waals surface area contributed by atoms with Crippen molar-refractivity contribution in [2.75, 3.05) is 31.9 Å². The summed E-state index contributed by atoms with van der Waals surface area (Å²) in [5, 5.41) is 6.74. The van der Waals surface area contributed by atoms with Gasteiger partial charge in [-0.05, 0) is 32.4 Å². The largest absolute Gasteiger partial charge is 0.353 e. The summed E-state index contributed by atoms with van der Waals surface area (Å²) in [5.41, 5.74) is 0. The fraction of sp³-hybridized carbons (Fsp3) is 0.846. The molecule has 0 aromatic heterocycles. The number of piperidine rings is 1. The molecule has 2 amide bonds. The van der Waals surface area contributed by atoms with E-state index in [-0.39, 0.29) is 17.9 Å². The van der Waals surface area contributed by atoms with Crippen molar-refractivity contribution in [1.82, 2.24) is 15.5 Å². The Kier molecular flexibility index (Phi) is 5.51. The summed E-state index contributed by atoms with van der Waals surface area (Å²) in [6, 6.07) is -0.269. The zero-order valence-corrected chi connectivity index (χ0v) is 12.3. The van der Waals surface area contributed by atoms with E-state index >= 15 is 0 Å². The molecule has 108 valence electrons. The van der Waals surface area contributed by atoms with Gasteiger partial charge in [0.25, 0.3) is 0 Å². The van der Waals surface area contributed by atoms with Gasteiger partial charge < -0.3 is 15.5 Å². The molecule has 0 aromatic carbocycles. The lowest BCUT2D eigenvalue weighted by Crippen LogP contribution is -2.57. The molecule has 2 N–H and O–H groups in total. The molecule has 2 rings (SSSR count). The first kappa shape index (κ1) is 14.7. The predicted octanol–water partition coefficient (Wildman–Crippen LogP) is 0.209. The van der Waals surface area contributed by atoms with Gasteiger partial charge in [-0.2, -0.15) is 0 Å². The Hall–Kier alpha value is -0.750. The van der Waals surface area contributed by atoms with Crippen LogP contribution in [-0.2, 0) is 9.59 Å².